The largest absolute Gasteiger partial charge is 0.512 e. The van der Waals surface area contributed by atoms with Gasteiger partial charge in [0.05, 0.1) is 5.76 Å². The van der Waals surface area contributed by atoms with Gasteiger partial charge in [-0.3, -0.25) is 0 Å². The summed E-state index contributed by atoms with van der Waals surface area (Å²) < 4.78 is 0. The summed E-state index contributed by atoms with van der Waals surface area (Å²) in [4.78, 5) is 0. The van der Waals surface area contributed by atoms with Crippen LogP contribution in [0.15, 0.2) is 36.1 Å². The number of allylic oxidation sites excluding steroid dienone is 2. The van der Waals surface area contributed by atoms with Crippen LogP contribution in [0.2, 0.25) is 0 Å². The minimum atomic E-state index is -0.258. The summed E-state index contributed by atoms with van der Waals surface area (Å²) in [6.45, 7) is 8.40. The Morgan fingerprint density at radius 2 is 1.47 bits per heavy atom. The zero-order valence-corrected chi connectivity index (χ0v) is 9.83. The number of hydrogen-bond donors (Lipinski definition) is 1. The zero-order chi connectivity index (χ0) is 11.3. The zero-order valence-electron chi connectivity index (χ0n) is 9.83. The minimum Gasteiger partial charge on any atom is -0.512 e. The van der Waals surface area contributed by atoms with E-state index in [1.54, 1.807) is 0 Å². The number of rotatable bonds is 0. The van der Waals surface area contributed by atoms with Crippen molar-refractivity contribution in [3.05, 3.63) is 47.2 Å². The van der Waals surface area contributed by atoms with Gasteiger partial charge in [0.1, 0.15) is 0 Å². The third kappa shape index (κ3) is 1.38. The fraction of sp³-hybridized carbons (Fsp3) is 0.429. The lowest BCUT2D eigenvalue weighted by Crippen LogP contribution is -2.33. The standard InChI is InChI=1S/C14H18O/c1-13(2)9-12(15)14(3,4)11-8-6-5-7-10(11)13/h5-9,15H,1-4H3. The molecule has 1 heteroatoms. The molecule has 0 saturated heterocycles. The number of fused-ring (bicyclic) bond motifs is 1. The molecule has 0 saturated carbocycles. The van der Waals surface area contributed by atoms with Crippen molar-refractivity contribution in [2.75, 3.05) is 0 Å². The Morgan fingerprint density at radius 3 is 2.07 bits per heavy atom. The monoisotopic (exact) mass is 202 g/mol. The molecule has 0 heterocycles. The molecule has 1 nitrogen and oxygen atoms in total. The van der Waals surface area contributed by atoms with Crippen LogP contribution in [0.1, 0.15) is 38.8 Å². The Hall–Kier alpha value is -1.24. The Labute approximate surface area is 91.4 Å². The summed E-state index contributed by atoms with van der Waals surface area (Å²) in [7, 11) is 0. The lowest BCUT2D eigenvalue weighted by Gasteiger charge is -2.38. The SMILES string of the molecule is CC1(C)C=C(O)C(C)(C)c2ccccc21. The molecule has 0 spiro atoms. The second-order valence-electron chi connectivity index (χ2n) is 5.42. The van der Waals surface area contributed by atoms with Gasteiger partial charge < -0.3 is 5.11 Å². The molecule has 0 fully saturated rings. The van der Waals surface area contributed by atoms with Crippen molar-refractivity contribution in [1.29, 1.82) is 0 Å². The van der Waals surface area contributed by atoms with Crippen molar-refractivity contribution in [3.63, 3.8) is 0 Å². The van der Waals surface area contributed by atoms with Crippen LogP contribution in [0, 0.1) is 0 Å². The quantitative estimate of drug-likeness (QED) is 0.680. The van der Waals surface area contributed by atoms with Crippen LogP contribution < -0.4 is 0 Å². The van der Waals surface area contributed by atoms with Gasteiger partial charge in [-0.2, -0.15) is 0 Å². The summed E-state index contributed by atoms with van der Waals surface area (Å²) in [5.74, 6) is 0.478. The van der Waals surface area contributed by atoms with Crippen molar-refractivity contribution in [2.24, 2.45) is 0 Å². The maximum Gasteiger partial charge on any atom is 0.0991 e. The number of aliphatic hydroxyl groups excluding tert-OH is 1. The Morgan fingerprint density at radius 1 is 0.933 bits per heavy atom. The van der Waals surface area contributed by atoms with E-state index < -0.39 is 0 Å². The van der Waals surface area contributed by atoms with Crippen LogP contribution >= 0.6 is 0 Å². The van der Waals surface area contributed by atoms with E-state index in [4.69, 9.17) is 0 Å². The highest BCUT2D eigenvalue weighted by atomic mass is 16.3. The molecule has 0 aromatic heterocycles. The van der Waals surface area contributed by atoms with E-state index in [1.807, 2.05) is 12.1 Å². The highest BCUT2D eigenvalue weighted by molar-refractivity contribution is 5.48. The molecule has 1 aromatic carbocycles. The fourth-order valence-electron chi connectivity index (χ4n) is 2.33. The summed E-state index contributed by atoms with van der Waals surface area (Å²) in [6, 6.07) is 8.36. The highest BCUT2D eigenvalue weighted by Crippen LogP contribution is 2.43. The first kappa shape index (κ1) is 10.3. The molecule has 0 aliphatic heterocycles. The third-order valence-electron chi connectivity index (χ3n) is 3.43. The summed E-state index contributed by atoms with van der Waals surface area (Å²) in [5.41, 5.74) is 2.21. The first-order chi connectivity index (χ1) is 6.86. The Bertz CT molecular complexity index is 425. The molecule has 80 valence electrons. The number of aliphatic hydroxyl groups is 1. The normalized spacial score (nSPS) is 21.7. The van der Waals surface area contributed by atoms with Gasteiger partial charge in [-0.05, 0) is 31.1 Å². The second kappa shape index (κ2) is 2.88. The molecule has 1 aliphatic rings. The second-order valence-corrected chi connectivity index (χ2v) is 5.42. The van der Waals surface area contributed by atoms with Gasteiger partial charge in [0.2, 0.25) is 0 Å². The number of hydrogen-bond acceptors (Lipinski definition) is 1. The molecule has 2 rings (SSSR count). The predicted octanol–water partition coefficient (Wildman–Crippen LogP) is 3.70. The lowest BCUT2D eigenvalue weighted by molar-refractivity contribution is 0.301. The molecular weight excluding hydrogens is 184 g/mol. The van der Waals surface area contributed by atoms with Gasteiger partial charge in [-0.15, -0.1) is 0 Å². The molecule has 0 bridgehead atoms. The summed E-state index contributed by atoms with van der Waals surface area (Å²) in [5, 5.41) is 10.1. The van der Waals surface area contributed by atoms with E-state index in [-0.39, 0.29) is 10.8 Å². The molecule has 1 aromatic rings. The van der Waals surface area contributed by atoms with Crippen LogP contribution in [0.4, 0.5) is 0 Å². The average Bonchev–Trinajstić information content (AvgIpc) is 2.15. The van der Waals surface area contributed by atoms with E-state index in [2.05, 4.69) is 45.9 Å². The molecular formula is C14H18O. The van der Waals surface area contributed by atoms with Gasteiger partial charge in [-0.25, -0.2) is 0 Å². The van der Waals surface area contributed by atoms with E-state index in [0.717, 1.165) is 0 Å². The number of benzene rings is 1. The maximum atomic E-state index is 10.1. The van der Waals surface area contributed by atoms with Crippen molar-refractivity contribution >= 4 is 0 Å². The minimum absolute atomic E-state index is 0.0732. The van der Waals surface area contributed by atoms with Crippen LogP contribution in [-0.4, -0.2) is 5.11 Å². The van der Waals surface area contributed by atoms with Gasteiger partial charge in [0.15, 0.2) is 0 Å². The van der Waals surface area contributed by atoms with Crippen LogP contribution in [-0.2, 0) is 10.8 Å². The highest BCUT2D eigenvalue weighted by Gasteiger charge is 2.37. The van der Waals surface area contributed by atoms with Crippen molar-refractivity contribution in [1.82, 2.24) is 0 Å². The molecule has 0 radical (unpaired) electrons. The lowest BCUT2D eigenvalue weighted by atomic mass is 9.67. The summed E-state index contributed by atoms with van der Waals surface area (Å²) >= 11 is 0. The average molecular weight is 202 g/mol. The third-order valence-corrected chi connectivity index (χ3v) is 3.43. The van der Waals surface area contributed by atoms with Crippen molar-refractivity contribution in [2.45, 2.75) is 38.5 Å². The van der Waals surface area contributed by atoms with Gasteiger partial charge in [-0.1, -0.05) is 38.1 Å². The Balaban J connectivity index is 2.73. The van der Waals surface area contributed by atoms with Gasteiger partial charge >= 0.3 is 0 Å². The van der Waals surface area contributed by atoms with E-state index in [9.17, 15) is 5.11 Å². The first-order valence-corrected chi connectivity index (χ1v) is 5.38. The molecule has 0 amide bonds. The van der Waals surface area contributed by atoms with Crippen LogP contribution in [0.3, 0.4) is 0 Å². The van der Waals surface area contributed by atoms with Crippen molar-refractivity contribution < 1.29 is 5.11 Å². The molecule has 0 atom stereocenters. The van der Waals surface area contributed by atoms with E-state index in [0.29, 0.717) is 5.76 Å². The fourth-order valence-corrected chi connectivity index (χ4v) is 2.33. The molecule has 0 unspecified atom stereocenters. The molecule has 1 N–H and O–H groups in total. The van der Waals surface area contributed by atoms with Gasteiger partial charge in [0, 0.05) is 10.8 Å². The molecule has 15 heavy (non-hydrogen) atoms. The van der Waals surface area contributed by atoms with Crippen LogP contribution in [0.25, 0.3) is 0 Å². The topological polar surface area (TPSA) is 20.2 Å². The maximum absolute atomic E-state index is 10.1. The van der Waals surface area contributed by atoms with Gasteiger partial charge in [0.25, 0.3) is 0 Å². The summed E-state index contributed by atoms with van der Waals surface area (Å²) in [6.07, 6.45) is 1.97. The predicted molar refractivity (Wildman–Crippen MR) is 63.2 cm³/mol. The first-order valence-electron chi connectivity index (χ1n) is 5.38. The van der Waals surface area contributed by atoms with Crippen LogP contribution in [0.5, 0.6) is 0 Å². The Kier molecular flexibility index (Phi) is 1.97. The molecule has 1 aliphatic carbocycles. The van der Waals surface area contributed by atoms with E-state index >= 15 is 0 Å². The smallest absolute Gasteiger partial charge is 0.0991 e. The van der Waals surface area contributed by atoms with Crippen molar-refractivity contribution in [3.8, 4) is 0 Å². The van der Waals surface area contributed by atoms with E-state index in [1.165, 1.54) is 11.1 Å².